The number of nitrogens with one attached hydrogen (secondary N) is 1. The van der Waals surface area contributed by atoms with Crippen molar-refractivity contribution < 1.29 is 18.0 Å². The highest BCUT2D eigenvalue weighted by Crippen LogP contribution is 2.19. The molecule has 1 aliphatic carbocycles. The zero-order valence-corrected chi connectivity index (χ0v) is 6.95. The first-order valence-corrected chi connectivity index (χ1v) is 4.07. The molecule has 1 N–H and O–H groups in total. The van der Waals surface area contributed by atoms with Gasteiger partial charge in [-0.1, -0.05) is 6.08 Å². The van der Waals surface area contributed by atoms with Gasteiger partial charge >= 0.3 is 6.30 Å². The Balaban J connectivity index is 2.52. The van der Waals surface area contributed by atoms with Crippen molar-refractivity contribution in [3.05, 3.63) is 11.6 Å². The molecule has 0 aromatic rings. The number of carbonyl (C=O) groups is 1. The van der Waals surface area contributed by atoms with Crippen molar-refractivity contribution in [2.24, 2.45) is 0 Å². The Morgan fingerprint density at radius 1 is 1.38 bits per heavy atom. The highest BCUT2D eigenvalue weighted by molar-refractivity contribution is 5.93. The first-order chi connectivity index (χ1) is 5.99. The summed E-state index contributed by atoms with van der Waals surface area (Å²) in [6.07, 6.45) is -0.164. The van der Waals surface area contributed by atoms with Crippen LogP contribution >= 0.6 is 0 Å². The van der Waals surface area contributed by atoms with Gasteiger partial charge < -0.3 is 0 Å². The monoisotopic (exact) mass is 193 g/mol. The van der Waals surface area contributed by atoms with Gasteiger partial charge in [-0.3, -0.25) is 10.1 Å². The number of alkyl halides is 3. The van der Waals surface area contributed by atoms with E-state index >= 15 is 0 Å². The summed E-state index contributed by atoms with van der Waals surface area (Å²) in [6.45, 7) is 0. The molecule has 0 unspecified atom stereocenters. The molecule has 0 radical (unpaired) electrons. The van der Waals surface area contributed by atoms with Crippen molar-refractivity contribution in [1.29, 1.82) is 0 Å². The van der Waals surface area contributed by atoms with E-state index in [-0.39, 0.29) is 5.57 Å². The predicted octanol–water partition coefficient (Wildman–Crippen LogP) is 2.12. The number of amides is 1. The zero-order valence-electron chi connectivity index (χ0n) is 6.95. The molecule has 2 nitrogen and oxygen atoms in total. The standard InChI is InChI=1S/C8H10F3NO/c9-8(10,11)12-7(13)6-4-2-1-3-5-6/h4H,1-3,5H2,(H,12,13). The van der Waals surface area contributed by atoms with Gasteiger partial charge in [-0.2, -0.15) is 13.2 Å². The summed E-state index contributed by atoms with van der Waals surface area (Å²) in [5, 5.41) is 0.982. The topological polar surface area (TPSA) is 29.1 Å². The molecule has 0 aromatic carbocycles. The second kappa shape index (κ2) is 3.81. The van der Waals surface area contributed by atoms with Gasteiger partial charge in [-0.25, -0.2) is 0 Å². The summed E-state index contributed by atoms with van der Waals surface area (Å²) in [7, 11) is 0. The van der Waals surface area contributed by atoms with Crippen LogP contribution in [0.3, 0.4) is 0 Å². The van der Waals surface area contributed by atoms with Crippen LogP contribution in [0.4, 0.5) is 13.2 Å². The van der Waals surface area contributed by atoms with E-state index in [1.165, 1.54) is 0 Å². The summed E-state index contributed by atoms with van der Waals surface area (Å²) in [4.78, 5) is 10.9. The Labute approximate surface area is 73.8 Å². The van der Waals surface area contributed by atoms with Crippen LogP contribution in [0.25, 0.3) is 0 Å². The number of hydrogen-bond acceptors (Lipinski definition) is 1. The first-order valence-electron chi connectivity index (χ1n) is 4.07. The molecule has 74 valence electrons. The summed E-state index contributed by atoms with van der Waals surface area (Å²) >= 11 is 0. The second-order valence-corrected chi connectivity index (χ2v) is 2.93. The van der Waals surface area contributed by atoms with Crippen LogP contribution in [0.1, 0.15) is 25.7 Å². The van der Waals surface area contributed by atoms with Gasteiger partial charge in [0.05, 0.1) is 0 Å². The third kappa shape index (κ3) is 3.48. The Morgan fingerprint density at radius 2 is 2.08 bits per heavy atom. The fourth-order valence-electron chi connectivity index (χ4n) is 1.25. The zero-order chi connectivity index (χ0) is 9.90. The Hall–Kier alpha value is -1.00. The molecule has 0 heterocycles. The highest BCUT2D eigenvalue weighted by atomic mass is 19.4. The summed E-state index contributed by atoms with van der Waals surface area (Å²) < 4.78 is 35.1. The first kappa shape index (κ1) is 10.1. The maximum absolute atomic E-state index is 11.7. The van der Waals surface area contributed by atoms with Gasteiger partial charge in [0.15, 0.2) is 0 Å². The van der Waals surface area contributed by atoms with Gasteiger partial charge in [0.1, 0.15) is 0 Å². The molecule has 13 heavy (non-hydrogen) atoms. The van der Waals surface area contributed by atoms with E-state index in [0.717, 1.165) is 18.2 Å². The fourth-order valence-corrected chi connectivity index (χ4v) is 1.25. The molecule has 0 aliphatic heterocycles. The SMILES string of the molecule is O=C(NC(F)(F)F)C1=CCCCC1. The minimum absolute atomic E-state index is 0.253. The number of rotatable bonds is 1. The lowest BCUT2D eigenvalue weighted by Gasteiger charge is -2.13. The molecule has 0 spiro atoms. The van der Waals surface area contributed by atoms with E-state index in [4.69, 9.17) is 0 Å². The molecule has 0 bridgehead atoms. The van der Waals surface area contributed by atoms with Crippen LogP contribution in [0.2, 0.25) is 0 Å². The minimum atomic E-state index is -4.62. The Kier molecular flexibility index (Phi) is 2.95. The lowest BCUT2D eigenvalue weighted by Crippen LogP contribution is -2.38. The van der Waals surface area contributed by atoms with Crippen molar-refractivity contribution >= 4 is 5.91 Å². The van der Waals surface area contributed by atoms with E-state index in [1.54, 1.807) is 6.08 Å². The normalized spacial score (nSPS) is 17.9. The maximum atomic E-state index is 11.7. The van der Waals surface area contributed by atoms with Gasteiger partial charge in [0, 0.05) is 5.57 Å². The number of halogens is 3. The van der Waals surface area contributed by atoms with Crippen LogP contribution in [0.5, 0.6) is 0 Å². The summed E-state index contributed by atoms with van der Waals surface area (Å²) in [5.74, 6) is -1.01. The lowest BCUT2D eigenvalue weighted by atomic mass is 9.99. The average Bonchev–Trinajstić information content (AvgIpc) is 2.03. The van der Waals surface area contributed by atoms with E-state index in [0.29, 0.717) is 12.8 Å². The molecule has 0 saturated carbocycles. The van der Waals surface area contributed by atoms with Crippen LogP contribution < -0.4 is 5.32 Å². The van der Waals surface area contributed by atoms with E-state index < -0.39 is 12.2 Å². The molecule has 0 fully saturated rings. The largest absolute Gasteiger partial charge is 0.484 e. The van der Waals surface area contributed by atoms with Crippen molar-refractivity contribution in [3.8, 4) is 0 Å². The fraction of sp³-hybridized carbons (Fsp3) is 0.625. The number of hydrogen-bond donors (Lipinski definition) is 1. The quantitative estimate of drug-likeness (QED) is 0.635. The number of carbonyl (C=O) groups excluding carboxylic acids is 1. The van der Waals surface area contributed by atoms with E-state index in [9.17, 15) is 18.0 Å². The smallest absolute Gasteiger partial charge is 0.269 e. The highest BCUT2D eigenvalue weighted by Gasteiger charge is 2.31. The molecular weight excluding hydrogens is 183 g/mol. The molecule has 5 heteroatoms. The van der Waals surface area contributed by atoms with Crippen LogP contribution in [0.15, 0.2) is 11.6 Å². The maximum Gasteiger partial charge on any atom is 0.484 e. The lowest BCUT2D eigenvalue weighted by molar-refractivity contribution is -0.167. The van der Waals surface area contributed by atoms with Gasteiger partial charge in [0.25, 0.3) is 5.91 Å². The van der Waals surface area contributed by atoms with E-state index in [2.05, 4.69) is 0 Å². The third-order valence-corrected chi connectivity index (χ3v) is 1.84. The third-order valence-electron chi connectivity index (χ3n) is 1.84. The van der Waals surface area contributed by atoms with Crippen molar-refractivity contribution in [1.82, 2.24) is 5.32 Å². The van der Waals surface area contributed by atoms with Crippen molar-refractivity contribution in [2.75, 3.05) is 0 Å². The molecule has 0 saturated heterocycles. The molecular formula is C8H10F3NO. The molecule has 1 rings (SSSR count). The summed E-state index contributed by atoms with van der Waals surface area (Å²) in [6, 6.07) is 0. The number of allylic oxidation sites excluding steroid dienone is 1. The van der Waals surface area contributed by atoms with Gasteiger partial charge in [0.2, 0.25) is 0 Å². The van der Waals surface area contributed by atoms with Crippen molar-refractivity contribution in [3.63, 3.8) is 0 Å². The predicted molar refractivity (Wildman–Crippen MR) is 40.7 cm³/mol. The van der Waals surface area contributed by atoms with E-state index in [1.807, 2.05) is 0 Å². The second-order valence-electron chi connectivity index (χ2n) is 2.93. The van der Waals surface area contributed by atoms with Crippen molar-refractivity contribution in [2.45, 2.75) is 32.0 Å². The summed E-state index contributed by atoms with van der Waals surface area (Å²) in [5.41, 5.74) is 0.253. The Bertz CT molecular complexity index is 232. The van der Waals surface area contributed by atoms with Crippen LogP contribution in [-0.4, -0.2) is 12.2 Å². The molecule has 0 aromatic heterocycles. The van der Waals surface area contributed by atoms with Gasteiger partial charge in [-0.05, 0) is 25.7 Å². The molecule has 1 amide bonds. The Morgan fingerprint density at radius 3 is 2.54 bits per heavy atom. The molecule has 0 atom stereocenters. The minimum Gasteiger partial charge on any atom is -0.269 e. The van der Waals surface area contributed by atoms with Gasteiger partial charge in [-0.15, -0.1) is 0 Å². The molecule has 1 aliphatic rings. The van der Waals surface area contributed by atoms with Crippen LogP contribution in [-0.2, 0) is 4.79 Å². The van der Waals surface area contributed by atoms with Crippen LogP contribution in [0, 0.1) is 0 Å². The average molecular weight is 193 g/mol.